The molecule has 1 aliphatic rings. The smallest absolute Gasteiger partial charge is 0.157 e. The molecule has 1 aromatic rings. The first kappa shape index (κ1) is 15.4. The van der Waals surface area contributed by atoms with Crippen molar-refractivity contribution in [3.8, 4) is 0 Å². The third kappa shape index (κ3) is 4.55. The molecule has 110 valence electrons. The summed E-state index contributed by atoms with van der Waals surface area (Å²) in [5.74, 6) is 0. The molecule has 1 N–H and O–H groups in total. The summed E-state index contributed by atoms with van der Waals surface area (Å²) in [6.07, 6.45) is 6.32. The molecule has 3 heteroatoms. The summed E-state index contributed by atoms with van der Waals surface area (Å²) >= 11 is 1.89. The zero-order valence-electron chi connectivity index (χ0n) is 12.6. The minimum Gasteiger partial charge on any atom is -0.362 e. The number of nitrogens with zero attached hydrogens (tertiary/aromatic N) is 1. The maximum Gasteiger partial charge on any atom is 0.157 e. The van der Waals surface area contributed by atoms with Crippen molar-refractivity contribution in [2.75, 3.05) is 6.54 Å². The number of hydrogen-bond acceptors (Lipinski definition) is 3. The van der Waals surface area contributed by atoms with E-state index in [0.717, 1.165) is 11.7 Å². The van der Waals surface area contributed by atoms with E-state index in [9.17, 15) is 0 Å². The first-order valence-electron chi connectivity index (χ1n) is 7.86. The molecule has 2 atom stereocenters. The molecule has 0 aliphatic carbocycles. The van der Waals surface area contributed by atoms with Gasteiger partial charge in [-0.15, -0.1) is 0 Å². The molecule has 1 aromatic carbocycles. The van der Waals surface area contributed by atoms with Crippen LogP contribution in [0.2, 0.25) is 0 Å². The van der Waals surface area contributed by atoms with E-state index in [1.807, 2.05) is 11.8 Å². The van der Waals surface area contributed by atoms with Gasteiger partial charge in [0.15, 0.2) is 5.17 Å². The third-order valence-corrected chi connectivity index (χ3v) is 4.87. The van der Waals surface area contributed by atoms with E-state index in [0.29, 0.717) is 11.3 Å². The van der Waals surface area contributed by atoms with E-state index in [-0.39, 0.29) is 0 Å². The quantitative estimate of drug-likeness (QED) is 0.781. The normalized spacial score (nSPS) is 19.7. The fourth-order valence-corrected chi connectivity index (χ4v) is 3.65. The fourth-order valence-electron chi connectivity index (χ4n) is 2.56. The highest BCUT2D eigenvalue weighted by Crippen LogP contribution is 2.34. The fraction of sp³-hybridized carbons (Fsp3) is 0.588. The highest BCUT2D eigenvalue weighted by atomic mass is 32.2. The zero-order valence-corrected chi connectivity index (χ0v) is 13.5. The van der Waals surface area contributed by atoms with Gasteiger partial charge in [-0.2, -0.15) is 0 Å². The van der Waals surface area contributed by atoms with Gasteiger partial charge in [0.25, 0.3) is 0 Å². The summed E-state index contributed by atoms with van der Waals surface area (Å²) in [5.41, 5.74) is 1.39. The van der Waals surface area contributed by atoms with Crippen molar-refractivity contribution in [2.24, 2.45) is 4.99 Å². The lowest BCUT2D eigenvalue weighted by molar-refractivity contribution is 0.497. The lowest BCUT2D eigenvalue weighted by Crippen LogP contribution is -2.32. The first-order valence-corrected chi connectivity index (χ1v) is 8.74. The van der Waals surface area contributed by atoms with E-state index in [1.165, 1.54) is 37.7 Å². The molecule has 20 heavy (non-hydrogen) atoms. The zero-order chi connectivity index (χ0) is 14.2. The summed E-state index contributed by atoms with van der Waals surface area (Å²) in [6.45, 7) is 5.43. The van der Waals surface area contributed by atoms with Crippen molar-refractivity contribution in [3.05, 3.63) is 35.9 Å². The van der Waals surface area contributed by atoms with Crippen LogP contribution >= 0.6 is 11.8 Å². The van der Waals surface area contributed by atoms with Crippen molar-refractivity contribution >= 4 is 16.9 Å². The van der Waals surface area contributed by atoms with Gasteiger partial charge in [-0.05, 0) is 18.4 Å². The second kappa shape index (κ2) is 8.35. The predicted octanol–water partition coefficient (Wildman–Crippen LogP) is 4.78. The van der Waals surface area contributed by atoms with Gasteiger partial charge in [-0.3, -0.25) is 4.99 Å². The molecular formula is C17H26N2S. The molecular weight excluding hydrogens is 264 g/mol. The number of aliphatic imine (C=N–C) groups is 1. The van der Waals surface area contributed by atoms with E-state index >= 15 is 0 Å². The van der Waals surface area contributed by atoms with E-state index < -0.39 is 0 Å². The molecule has 0 amide bonds. The summed E-state index contributed by atoms with van der Waals surface area (Å²) in [6, 6.07) is 11.3. The second-order valence-corrected chi connectivity index (χ2v) is 6.63. The Morgan fingerprint density at radius 1 is 1.20 bits per heavy atom. The monoisotopic (exact) mass is 290 g/mol. The first-order chi connectivity index (χ1) is 9.83. The average Bonchev–Trinajstić information content (AvgIpc) is 2.94. The Labute approximate surface area is 127 Å². The van der Waals surface area contributed by atoms with Crippen molar-refractivity contribution in [1.29, 1.82) is 0 Å². The molecule has 0 bridgehead atoms. The molecule has 0 saturated heterocycles. The Morgan fingerprint density at radius 2 is 2.00 bits per heavy atom. The predicted molar refractivity (Wildman–Crippen MR) is 90.4 cm³/mol. The van der Waals surface area contributed by atoms with Gasteiger partial charge in [0.1, 0.15) is 0 Å². The molecule has 2 unspecified atom stereocenters. The van der Waals surface area contributed by atoms with Crippen LogP contribution in [0.5, 0.6) is 0 Å². The van der Waals surface area contributed by atoms with Crippen LogP contribution in [0.1, 0.15) is 56.8 Å². The van der Waals surface area contributed by atoms with Crippen LogP contribution in [0.3, 0.4) is 0 Å². The van der Waals surface area contributed by atoms with Gasteiger partial charge in [0.2, 0.25) is 0 Å². The van der Waals surface area contributed by atoms with Gasteiger partial charge >= 0.3 is 0 Å². The molecule has 1 heterocycles. The van der Waals surface area contributed by atoms with Gasteiger partial charge in [0, 0.05) is 6.04 Å². The summed E-state index contributed by atoms with van der Waals surface area (Å²) in [5, 5.41) is 5.30. The second-order valence-electron chi connectivity index (χ2n) is 5.44. The maximum absolute atomic E-state index is 4.69. The standard InChI is InChI=1S/C17H26N2S/c1-3-5-12-15(9-4-2)19-17-18-13-16(20-17)14-10-7-6-8-11-14/h6-8,10-11,15-16H,3-5,9,12-13H2,1-2H3,(H,18,19). The number of nitrogens with one attached hydrogen (secondary N) is 1. The lowest BCUT2D eigenvalue weighted by atomic mass is 10.1. The van der Waals surface area contributed by atoms with Crippen LogP contribution < -0.4 is 5.32 Å². The topological polar surface area (TPSA) is 24.4 Å². The van der Waals surface area contributed by atoms with Gasteiger partial charge < -0.3 is 5.32 Å². The number of thioether (sulfide) groups is 1. The van der Waals surface area contributed by atoms with E-state index in [1.54, 1.807) is 0 Å². The molecule has 0 saturated carbocycles. The average molecular weight is 290 g/mol. The number of benzene rings is 1. The van der Waals surface area contributed by atoms with E-state index in [4.69, 9.17) is 4.99 Å². The number of hydrogen-bond donors (Lipinski definition) is 1. The highest BCUT2D eigenvalue weighted by molar-refractivity contribution is 8.14. The van der Waals surface area contributed by atoms with Crippen molar-refractivity contribution in [1.82, 2.24) is 5.32 Å². The number of rotatable bonds is 7. The van der Waals surface area contributed by atoms with Gasteiger partial charge in [-0.1, -0.05) is 75.2 Å². The molecule has 0 radical (unpaired) electrons. The largest absolute Gasteiger partial charge is 0.362 e. The molecule has 2 rings (SSSR count). The van der Waals surface area contributed by atoms with Crippen LogP contribution in [-0.4, -0.2) is 17.8 Å². The van der Waals surface area contributed by atoms with Crippen LogP contribution in [0.15, 0.2) is 35.3 Å². The van der Waals surface area contributed by atoms with Crippen molar-refractivity contribution in [3.63, 3.8) is 0 Å². The Hall–Kier alpha value is -0.960. The summed E-state index contributed by atoms with van der Waals surface area (Å²) < 4.78 is 0. The molecule has 0 fully saturated rings. The van der Waals surface area contributed by atoms with Crippen LogP contribution in [0, 0.1) is 0 Å². The Kier molecular flexibility index (Phi) is 6.44. The minimum absolute atomic E-state index is 0.493. The van der Waals surface area contributed by atoms with Gasteiger partial charge in [0.05, 0.1) is 11.8 Å². The Balaban J connectivity index is 1.85. The molecule has 1 aliphatic heterocycles. The minimum atomic E-state index is 0.493. The molecule has 2 nitrogen and oxygen atoms in total. The Bertz CT molecular complexity index is 416. The molecule has 0 spiro atoms. The summed E-state index contributed by atoms with van der Waals surface area (Å²) in [7, 11) is 0. The Morgan fingerprint density at radius 3 is 2.70 bits per heavy atom. The maximum atomic E-state index is 4.69. The van der Waals surface area contributed by atoms with Crippen LogP contribution in [-0.2, 0) is 0 Å². The van der Waals surface area contributed by atoms with Crippen molar-refractivity contribution < 1.29 is 0 Å². The van der Waals surface area contributed by atoms with Crippen molar-refractivity contribution in [2.45, 2.75) is 57.2 Å². The SMILES string of the molecule is CCCCC(CCC)NC1=NCC(c2ccccc2)S1. The summed E-state index contributed by atoms with van der Waals surface area (Å²) in [4.78, 5) is 4.69. The van der Waals surface area contributed by atoms with Gasteiger partial charge in [-0.25, -0.2) is 0 Å². The van der Waals surface area contributed by atoms with Crippen LogP contribution in [0.4, 0.5) is 0 Å². The lowest BCUT2D eigenvalue weighted by Gasteiger charge is -2.19. The van der Waals surface area contributed by atoms with Crippen LogP contribution in [0.25, 0.3) is 0 Å². The third-order valence-electron chi connectivity index (χ3n) is 3.70. The number of amidine groups is 1. The highest BCUT2D eigenvalue weighted by Gasteiger charge is 2.22. The van der Waals surface area contributed by atoms with E-state index in [2.05, 4.69) is 49.5 Å². The number of unbranched alkanes of at least 4 members (excludes halogenated alkanes) is 1. The molecule has 0 aromatic heterocycles.